The fourth-order valence-electron chi connectivity index (χ4n) is 4.27. The van der Waals surface area contributed by atoms with Gasteiger partial charge in [-0.05, 0) is 29.8 Å². The minimum atomic E-state index is -0.174. The number of hydrogen-bond donors (Lipinski definition) is 0. The van der Waals surface area contributed by atoms with Crippen LogP contribution in [0.15, 0.2) is 55.0 Å². The van der Waals surface area contributed by atoms with E-state index < -0.39 is 0 Å². The van der Waals surface area contributed by atoms with Gasteiger partial charge in [0, 0.05) is 56.0 Å². The highest BCUT2D eigenvalue weighted by Crippen LogP contribution is 2.41. The Labute approximate surface area is 146 Å². The number of halogens is 1. The summed E-state index contributed by atoms with van der Waals surface area (Å²) < 4.78 is 15.4. The highest BCUT2D eigenvalue weighted by molar-refractivity contribution is 5.58. The molecular formula is C20H19FN4. The molecule has 2 atom stereocenters. The van der Waals surface area contributed by atoms with Gasteiger partial charge in [0.2, 0.25) is 0 Å². The molecule has 1 saturated heterocycles. The second-order valence-corrected chi connectivity index (χ2v) is 7.04. The Kier molecular flexibility index (Phi) is 3.41. The van der Waals surface area contributed by atoms with Crippen molar-refractivity contribution in [2.75, 3.05) is 13.1 Å². The van der Waals surface area contributed by atoms with E-state index in [1.807, 2.05) is 30.6 Å². The van der Waals surface area contributed by atoms with Crippen molar-refractivity contribution in [1.29, 1.82) is 0 Å². The summed E-state index contributed by atoms with van der Waals surface area (Å²) in [6, 6.07) is 10.9. The van der Waals surface area contributed by atoms with Gasteiger partial charge in [-0.15, -0.1) is 0 Å². The molecule has 5 rings (SSSR count). The lowest BCUT2D eigenvalue weighted by atomic mass is 9.99. The number of aromatic nitrogens is 3. The van der Waals surface area contributed by atoms with Crippen LogP contribution in [-0.2, 0) is 13.1 Å². The Bertz CT molecular complexity index is 888. The summed E-state index contributed by atoms with van der Waals surface area (Å²) in [5.41, 5.74) is 3.47. The molecule has 0 N–H and O–H groups in total. The Balaban J connectivity index is 1.35. The Hall–Kier alpha value is -2.53. The van der Waals surface area contributed by atoms with Crippen LogP contribution >= 0.6 is 0 Å². The number of likely N-dealkylation sites (tertiary alicyclic amines) is 1. The molecule has 2 aliphatic heterocycles. The molecule has 0 bridgehead atoms. The van der Waals surface area contributed by atoms with Gasteiger partial charge in [-0.3, -0.25) is 9.88 Å². The maximum Gasteiger partial charge on any atom is 0.123 e. The molecule has 25 heavy (non-hydrogen) atoms. The van der Waals surface area contributed by atoms with Gasteiger partial charge >= 0.3 is 0 Å². The number of rotatable bonds is 3. The molecule has 5 heteroatoms. The van der Waals surface area contributed by atoms with Gasteiger partial charge in [0.1, 0.15) is 11.6 Å². The third-order valence-corrected chi connectivity index (χ3v) is 5.43. The summed E-state index contributed by atoms with van der Waals surface area (Å²) >= 11 is 0. The van der Waals surface area contributed by atoms with Crippen molar-refractivity contribution < 1.29 is 4.39 Å². The molecule has 2 aliphatic rings. The highest BCUT2D eigenvalue weighted by atomic mass is 19.1. The number of pyridine rings is 1. The van der Waals surface area contributed by atoms with Crippen LogP contribution in [0.5, 0.6) is 0 Å². The summed E-state index contributed by atoms with van der Waals surface area (Å²) in [7, 11) is 0. The molecule has 0 radical (unpaired) electrons. The van der Waals surface area contributed by atoms with Gasteiger partial charge in [-0.1, -0.05) is 12.1 Å². The van der Waals surface area contributed by atoms with Crippen LogP contribution in [0.4, 0.5) is 4.39 Å². The number of hydrogen-bond acceptors (Lipinski definition) is 3. The summed E-state index contributed by atoms with van der Waals surface area (Å²) in [6.07, 6.45) is 5.68. The first-order chi connectivity index (χ1) is 12.3. The van der Waals surface area contributed by atoms with E-state index in [1.54, 1.807) is 18.3 Å². The van der Waals surface area contributed by atoms with Crippen LogP contribution in [0, 0.1) is 11.7 Å². The normalized spacial score (nSPS) is 22.1. The van der Waals surface area contributed by atoms with E-state index in [1.165, 1.54) is 17.1 Å². The average molecular weight is 334 g/mol. The molecule has 4 heterocycles. The lowest BCUT2D eigenvalue weighted by Gasteiger charge is -2.17. The summed E-state index contributed by atoms with van der Waals surface area (Å²) in [5, 5.41) is 0. The van der Waals surface area contributed by atoms with E-state index in [-0.39, 0.29) is 5.82 Å². The number of nitrogens with zero attached hydrogens (tertiary/aromatic N) is 4. The van der Waals surface area contributed by atoms with Crippen molar-refractivity contribution >= 4 is 0 Å². The SMILES string of the molecule is Fc1ccc(CN2C[C@@H]3Cn4c(-c5cccnc5)cnc4[C@@H]3C2)cc1. The zero-order valence-electron chi connectivity index (χ0n) is 13.8. The van der Waals surface area contributed by atoms with E-state index in [9.17, 15) is 4.39 Å². The van der Waals surface area contributed by atoms with E-state index in [4.69, 9.17) is 4.98 Å². The van der Waals surface area contributed by atoms with E-state index in [0.29, 0.717) is 11.8 Å². The molecule has 1 fully saturated rings. The average Bonchev–Trinajstić information content (AvgIpc) is 3.29. The number of imidazole rings is 1. The minimum absolute atomic E-state index is 0.174. The maximum atomic E-state index is 13.1. The van der Waals surface area contributed by atoms with Crippen molar-refractivity contribution in [2.24, 2.45) is 5.92 Å². The first kappa shape index (κ1) is 14.8. The molecule has 1 aromatic carbocycles. The largest absolute Gasteiger partial charge is 0.327 e. The second-order valence-electron chi connectivity index (χ2n) is 7.04. The molecular weight excluding hydrogens is 315 g/mol. The van der Waals surface area contributed by atoms with E-state index >= 15 is 0 Å². The zero-order valence-corrected chi connectivity index (χ0v) is 13.8. The monoisotopic (exact) mass is 334 g/mol. The molecule has 0 aliphatic carbocycles. The van der Waals surface area contributed by atoms with Gasteiger partial charge < -0.3 is 4.57 Å². The Morgan fingerprint density at radius 2 is 1.92 bits per heavy atom. The summed E-state index contributed by atoms with van der Waals surface area (Å²) in [4.78, 5) is 11.4. The number of benzene rings is 1. The molecule has 0 saturated carbocycles. The highest BCUT2D eigenvalue weighted by Gasteiger charge is 2.42. The number of fused-ring (bicyclic) bond motifs is 3. The van der Waals surface area contributed by atoms with Crippen molar-refractivity contribution in [3.8, 4) is 11.3 Å². The molecule has 126 valence electrons. The van der Waals surface area contributed by atoms with Crippen molar-refractivity contribution in [2.45, 2.75) is 19.0 Å². The molecule has 3 aromatic rings. The van der Waals surface area contributed by atoms with Crippen LogP contribution in [0.1, 0.15) is 17.3 Å². The predicted octanol–water partition coefficient (Wildman–Crippen LogP) is 3.31. The minimum Gasteiger partial charge on any atom is -0.327 e. The van der Waals surface area contributed by atoms with Gasteiger partial charge in [0.05, 0.1) is 11.9 Å². The maximum absolute atomic E-state index is 13.1. The van der Waals surface area contributed by atoms with Crippen molar-refractivity contribution in [3.05, 3.63) is 72.2 Å². The predicted molar refractivity (Wildman–Crippen MR) is 93.4 cm³/mol. The molecule has 0 amide bonds. The van der Waals surface area contributed by atoms with Crippen LogP contribution in [-0.4, -0.2) is 32.5 Å². The quantitative estimate of drug-likeness (QED) is 0.737. The Morgan fingerprint density at radius 3 is 2.72 bits per heavy atom. The van der Waals surface area contributed by atoms with Gasteiger partial charge in [0.25, 0.3) is 0 Å². The van der Waals surface area contributed by atoms with Crippen molar-refractivity contribution in [1.82, 2.24) is 19.4 Å². The first-order valence-corrected chi connectivity index (χ1v) is 8.70. The lowest BCUT2D eigenvalue weighted by molar-refractivity contribution is 0.306. The fourth-order valence-corrected chi connectivity index (χ4v) is 4.27. The van der Waals surface area contributed by atoms with E-state index in [2.05, 4.69) is 20.5 Å². The fraction of sp³-hybridized carbons (Fsp3) is 0.300. The second kappa shape index (κ2) is 5.77. The molecule has 2 aromatic heterocycles. The van der Waals surface area contributed by atoms with E-state index in [0.717, 1.165) is 31.7 Å². The van der Waals surface area contributed by atoms with Gasteiger partial charge in [-0.2, -0.15) is 0 Å². The van der Waals surface area contributed by atoms with Crippen LogP contribution in [0.2, 0.25) is 0 Å². The van der Waals surface area contributed by atoms with Gasteiger partial charge in [-0.25, -0.2) is 9.37 Å². The third kappa shape index (κ3) is 2.55. The first-order valence-electron chi connectivity index (χ1n) is 8.70. The molecule has 0 unspecified atom stereocenters. The van der Waals surface area contributed by atoms with Gasteiger partial charge in [0.15, 0.2) is 0 Å². The van der Waals surface area contributed by atoms with Crippen LogP contribution in [0.25, 0.3) is 11.3 Å². The smallest absolute Gasteiger partial charge is 0.123 e. The Morgan fingerprint density at radius 1 is 1.04 bits per heavy atom. The van der Waals surface area contributed by atoms with Crippen LogP contribution in [0.3, 0.4) is 0 Å². The third-order valence-electron chi connectivity index (χ3n) is 5.43. The zero-order chi connectivity index (χ0) is 16.8. The lowest BCUT2D eigenvalue weighted by Crippen LogP contribution is -2.22. The standard InChI is InChI=1S/C20H19FN4/c21-17-5-3-14(4-6-17)10-24-11-16-12-25-19(15-2-1-7-22-8-15)9-23-20(25)18(16)13-24/h1-9,16,18H,10-13H2/t16-,18-/m1/s1. The summed E-state index contributed by atoms with van der Waals surface area (Å²) in [5.74, 6) is 2.13. The molecule has 0 spiro atoms. The molecule has 4 nitrogen and oxygen atoms in total. The van der Waals surface area contributed by atoms with Crippen molar-refractivity contribution in [3.63, 3.8) is 0 Å². The van der Waals surface area contributed by atoms with Crippen LogP contribution < -0.4 is 0 Å². The summed E-state index contributed by atoms with van der Waals surface area (Å²) in [6.45, 7) is 3.98. The topological polar surface area (TPSA) is 34.0 Å².